The first-order valence-corrected chi connectivity index (χ1v) is 11.0. The molecule has 7 heteroatoms. The van der Waals surface area contributed by atoms with Crippen LogP contribution in [0.3, 0.4) is 0 Å². The van der Waals surface area contributed by atoms with Gasteiger partial charge in [-0.3, -0.25) is 14.7 Å². The monoisotopic (exact) mass is 426 g/mol. The van der Waals surface area contributed by atoms with E-state index >= 15 is 0 Å². The summed E-state index contributed by atoms with van der Waals surface area (Å²) >= 11 is 0. The Morgan fingerprint density at radius 3 is 2.48 bits per heavy atom. The Kier molecular flexibility index (Phi) is 7.15. The SMILES string of the molecule is Cc1ccc2nc(C)c(C(=O)NCCCN3CCN(C(=O)OC(C)(C)C)CC3)cc2c1. The number of hydrogen-bond acceptors (Lipinski definition) is 5. The van der Waals surface area contributed by atoms with E-state index in [1.54, 1.807) is 4.90 Å². The van der Waals surface area contributed by atoms with E-state index in [-0.39, 0.29) is 12.0 Å². The van der Waals surface area contributed by atoms with Gasteiger partial charge in [-0.05, 0) is 65.8 Å². The third-order valence-corrected chi connectivity index (χ3v) is 5.37. The summed E-state index contributed by atoms with van der Waals surface area (Å²) in [5, 5.41) is 4.01. The summed E-state index contributed by atoms with van der Waals surface area (Å²) in [6.07, 6.45) is 0.617. The second-order valence-corrected chi connectivity index (χ2v) is 9.24. The summed E-state index contributed by atoms with van der Waals surface area (Å²) in [5.41, 5.74) is 2.96. The van der Waals surface area contributed by atoms with Crippen molar-refractivity contribution < 1.29 is 14.3 Å². The molecule has 0 spiro atoms. The van der Waals surface area contributed by atoms with Gasteiger partial charge in [0.2, 0.25) is 0 Å². The Bertz CT molecular complexity index is 944. The summed E-state index contributed by atoms with van der Waals surface area (Å²) in [6.45, 7) is 14.0. The van der Waals surface area contributed by atoms with Crippen molar-refractivity contribution in [3.63, 3.8) is 0 Å². The van der Waals surface area contributed by atoms with Crippen LogP contribution >= 0.6 is 0 Å². The average molecular weight is 427 g/mol. The van der Waals surface area contributed by atoms with Gasteiger partial charge in [0.25, 0.3) is 5.91 Å². The molecular formula is C24H34N4O3. The molecule has 31 heavy (non-hydrogen) atoms. The first kappa shape index (κ1) is 23.0. The second-order valence-electron chi connectivity index (χ2n) is 9.24. The molecule has 3 rings (SSSR count). The van der Waals surface area contributed by atoms with Crippen LogP contribution in [0, 0.1) is 13.8 Å². The number of amides is 2. The fourth-order valence-corrected chi connectivity index (χ4v) is 3.70. The van der Waals surface area contributed by atoms with Gasteiger partial charge in [0.1, 0.15) is 5.60 Å². The van der Waals surface area contributed by atoms with Gasteiger partial charge in [-0.25, -0.2) is 4.79 Å². The quantitative estimate of drug-likeness (QED) is 0.741. The molecule has 1 aliphatic rings. The molecule has 2 aromatic rings. The number of hydrogen-bond donors (Lipinski definition) is 1. The number of aryl methyl sites for hydroxylation is 2. The number of carbonyl (C=O) groups excluding carboxylic acids is 2. The molecule has 1 aliphatic heterocycles. The van der Waals surface area contributed by atoms with Crippen LogP contribution in [0.5, 0.6) is 0 Å². The summed E-state index contributed by atoms with van der Waals surface area (Å²) in [4.78, 5) is 33.5. The summed E-state index contributed by atoms with van der Waals surface area (Å²) < 4.78 is 5.44. The van der Waals surface area contributed by atoms with Gasteiger partial charge in [-0.2, -0.15) is 0 Å². The molecule has 1 aromatic carbocycles. The Hall–Kier alpha value is -2.67. The number of carbonyl (C=O) groups is 2. The maximum absolute atomic E-state index is 12.7. The minimum Gasteiger partial charge on any atom is -0.444 e. The van der Waals surface area contributed by atoms with Crippen LogP contribution in [0.4, 0.5) is 4.79 Å². The Balaban J connectivity index is 1.42. The molecule has 0 radical (unpaired) electrons. The Morgan fingerprint density at radius 1 is 1.10 bits per heavy atom. The summed E-state index contributed by atoms with van der Waals surface area (Å²) in [6, 6.07) is 8.00. The van der Waals surface area contributed by atoms with E-state index in [1.807, 2.05) is 52.8 Å². The van der Waals surface area contributed by atoms with Crippen molar-refractivity contribution in [2.75, 3.05) is 39.3 Å². The lowest BCUT2D eigenvalue weighted by molar-refractivity contribution is 0.0144. The minimum atomic E-state index is -0.468. The van der Waals surface area contributed by atoms with Crippen LogP contribution in [0.2, 0.25) is 0 Å². The molecule has 0 atom stereocenters. The molecule has 2 amide bonds. The van der Waals surface area contributed by atoms with E-state index in [0.717, 1.165) is 48.2 Å². The van der Waals surface area contributed by atoms with Gasteiger partial charge in [0, 0.05) is 38.1 Å². The predicted octanol–water partition coefficient (Wildman–Crippen LogP) is 3.52. The van der Waals surface area contributed by atoms with Crippen molar-refractivity contribution in [1.29, 1.82) is 0 Å². The highest BCUT2D eigenvalue weighted by Gasteiger charge is 2.25. The average Bonchev–Trinajstić information content (AvgIpc) is 2.70. The van der Waals surface area contributed by atoms with Crippen LogP contribution < -0.4 is 5.32 Å². The number of benzene rings is 1. The maximum Gasteiger partial charge on any atom is 0.410 e. The third-order valence-electron chi connectivity index (χ3n) is 5.37. The normalized spacial score (nSPS) is 15.2. The highest BCUT2D eigenvalue weighted by molar-refractivity contribution is 5.98. The van der Waals surface area contributed by atoms with Crippen LogP contribution in [0.15, 0.2) is 24.3 Å². The zero-order valence-electron chi connectivity index (χ0n) is 19.3. The summed E-state index contributed by atoms with van der Waals surface area (Å²) in [7, 11) is 0. The molecule has 2 heterocycles. The van der Waals surface area contributed by atoms with E-state index < -0.39 is 5.60 Å². The zero-order valence-corrected chi connectivity index (χ0v) is 19.3. The summed E-state index contributed by atoms with van der Waals surface area (Å²) in [5.74, 6) is -0.0804. The molecule has 0 bridgehead atoms. The Labute approximate surface area is 184 Å². The van der Waals surface area contributed by atoms with Crippen molar-refractivity contribution >= 4 is 22.9 Å². The molecule has 1 fully saturated rings. The van der Waals surface area contributed by atoms with Crippen molar-refractivity contribution in [2.24, 2.45) is 0 Å². The lowest BCUT2D eigenvalue weighted by Gasteiger charge is -2.35. The maximum atomic E-state index is 12.7. The molecule has 168 valence electrons. The van der Waals surface area contributed by atoms with Crippen LogP contribution in [-0.4, -0.2) is 71.7 Å². The highest BCUT2D eigenvalue weighted by Crippen LogP contribution is 2.18. The molecule has 7 nitrogen and oxygen atoms in total. The van der Waals surface area contributed by atoms with Gasteiger partial charge in [0.05, 0.1) is 16.8 Å². The van der Waals surface area contributed by atoms with Gasteiger partial charge < -0.3 is 15.0 Å². The zero-order chi connectivity index (χ0) is 22.6. The van der Waals surface area contributed by atoms with Crippen LogP contribution in [0.1, 0.15) is 48.8 Å². The van der Waals surface area contributed by atoms with E-state index in [9.17, 15) is 9.59 Å². The van der Waals surface area contributed by atoms with Crippen LogP contribution in [0.25, 0.3) is 10.9 Å². The number of rotatable bonds is 5. The van der Waals surface area contributed by atoms with Crippen molar-refractivity contribution in [3.8, 4) is 0 Å². The topological polar surface area (TPSA) is 74.8 Å². The van der Waals surface area contributed by atoms with E-state index in [2.05, 4.69) is 21.3 Å². The Morgan fingerprint density at radius 2 is 1.81 bits per heavy atom. The lowest BCUT2D eigenvalue weighted by atomic mass is 10.1. The van der Waals surface area contributed by atoms with Crippen molar-refractivity contribution in [1.82, 2.24) is 20.1 Å². The van der Waals surface area contributed by atoms with E-state index in [1.165, 1.54) is 0 Å². The van der Waals surface area contributed by atoms with Gasteiger partial charge in [-0.15, -0.1) is 0 Å². The number of pyridine rings is 1. The van der Waals surface area contributed by atoms with Crippen LogP contribution in [-0.2, 0) is 4.74 Å². The molecular weight excluding hydrogens is 392 g/mol. The first-order chi connectivity index (χ1) is 14.6. The molecule has 1 saturated heterocycles. The van der Waals surface area contributed by atoms with Crippen molar-refractivity contribution in [3.05, 3.63) is 41.1 Å². The predicted molar refractivity (Wildman–Crippen MR) is 122 cm³/mol. The van der Waals surface area contributed by atoms with Gasteiger partial charge in [0.15, 0.2) is 0 Å². The highest BCUT2D eigenvalue weighted by atomic mass is 16.6. The molecule has 1 N–H and O–H groups in total. The molecule has 0 saturated carbocycles. The molecule has 1 aromatic heterocycles. The third kappa shape index (κ3) is 6.40. The number of nitrogens with zero attached hydrogens (tertiary/aromatic N) is 3. The number of aromatic nitrogens is 1. The minimum absolute atomic E-state index is 0.0804. The van der Waals surface area contributed by atoms with Crippen molar-refractivity contribution in [2.45, 2.75) is 46.6 Å². The largest absolute Gasteiger partial charge is 0.444 e. The standard InChI is InChI=1S/C24H34N4O3/c1-17-7-8-21-19(15-17)16-20(18(2)26-21)22(29)25-9-6-10-27-11-13-28(14-12-27)23(30)31-24(3,4)5/h7-8,15-16H,6,9-14H2,1-5H3,(H,25,29). The fraction of sp³-hybridized carbons (Fsp3) is 0.542. The lowest BCUT2D eigenvalue weighted by Crippen LogP contribution is -2.50. The van der Waals surface area contributed by atoms with E-state index in [0.29, 0.717) is 25.2 Å². The van der Waals surface area contributed by atoms with Gasteiger partial charge in [-0.1, -0.05) is 11.6 Å². The second kappa shape index (κ2) is 9.64. The number of fused-ring (bicyclic) bond motifs is 1. The fourth-order valence-electron chi connectivity index (χ4n) is 3.70. The van der Waals surface area contributed by atoms with Gasteiger partial charge >= 0.3 is 6.09 Å². The van der Waals surface area contributed by atoms with E-state index in [4.69, 9.17) is 4.74 Å². The first-order valence-electron chi connectivity index (χ1n) is 11.0. The molecule has 0 unspecified atom stereocenters. The number of piperazine rings is 1. The molecule has 0 aliphatic carbocycles. The number of nitrogens with one attached hydrogen (secondary N) is 1. The smallest absolute Gasteiger partial charge is 0.410 e. The number of ether oxygens (including phenoxy) is 1.